The first-order valence-electron chi connectivity index (χ1n) is 15.9. The number of carbonyl (C=O) groups excluding carboxylic acids is 3. The van der Waals surface area contributed by atoms with Crippen LogP contribution < -0.4 is 24.3 Å². The Labute approximate surface area is 286 Å². The van der Waals surface area contributed by atoms with E-state index in [1.807, 2.05) is 24.3 Å². The summed E-state index contributed by atoms with van der Waals surface area (Å²) in [7, 11) is 4.41. The molecule has 0 saturated heterocycles. The number of furan rings is 1. The largest absolute Gasteiger partial charge is 0.497 e. The SMILES string of the molecule is COc1ccc(-c2oc3c(c2CC(=O)NCCCc2nc4ccccc4[nH]2)C(=O)C2(Oc4c(Cl)c(OC)cc(OC)c4C2=O)C(C)C3)cc1. The van der Waals surface area contributed by atoms with Crippen molar-refractivity contribution in [2.75, 3.05) is 27.9 Å². The molecule has 2 aliphatic rings. The predicted octanol–water partition coefficient (Wildman–Crippen LogP) is 6.18. The molecule has 3 aromatic carbocycles. The zero-order chi connectivity index (χ0) is 34.4. The number of halogens is 1. The van der Waals surface area contributed by atoms with Gasteiger partial charge in [0.05, 0.1) is 44.3 Å². The predicted molar refractivity (Wildman–Crippen MR) is 181 cm³/mol. The number of amides is 1. The molecule has 1 amide bonds. The van der Waals surface area contributed by atoms with Gasteiger partial charge in [0.1, 0.15) is 45.2 Å². The van der Waals surface area contributed by atoms with Crippen molar-refractivity contribution in [2.45, 2.75) is 38.2 Å². The van der Waals surface area contributed by atoms with E-state index in [9.17, 15) is 14.4 Å². The molecule has 1 aliphatic heterocycles. The molecule has 2 unspecified atom stereocenters. The Hall–Kier alpha value is -5.29. The van der Waals surface area contributed by atoms with Crippen molar-refractivity contribution in [2.24, 2.45) is 5.92 Å². The normalized spacial score (nSPS) is 17.9. The van der Waals surface area contributed by atoms with Crippen molar-refractivity contribution in [1.29, 1.82) is 0 Å². The lowest BCUT2D eigenvalue weighted by atomic mass is 9.70. The maximum Gasteiger partial charge on any atom is 0.237 e. The molecule has 0 saturated carbocycles. The van der Waals surface area contributed by atoms with Gasteiger partial charge in [0.15, 0.2) is 5.75 Å². The number of aromatic nitrogens is 2. The van der Waals surface area contributed by atoms with Crippen molar-refractivity contribution < 1.29 is 37.7 Å². The molecule has 5 aromatic rings. The minimum atomic E-state index is -1.95. The number of H-pyrrole nitrogens is 1. The summed E-state index contributed by atoms with van der Waals surface area (Å²) in [4.78, 5) is 50.5. The van der Waals surface area contributed by atoms with E-state index in [0.29, 0.717) is 47.8 Å². The number of hydrogen-bond donors (Lipinski definition) is 2. The van der Waals surface area contributed by atoms with Crippen molar-refractivity contribution >= 4 is 40.1 Å². The Morgan fingerprint density at radius 3 is 2.47 bits per heavy atom. The van der Waals surface area contributed by atoms with Gasteiger partial charge in [0.2, 0.25) is 23.1 Å². The van der Waals surface area contributed by atoms with Crippen LogP contribution >= 0.6 is 11.6 Å². The van der Waals surface area contributed by atoms with Gasteiger partial charge in [-0.1, -0.05) is 30.7 Å². The van der Waals surface area contributed by atoms with E-state index in [4.69, 9.17) is 35.0 Å². The fourth-order valence-corrected chi connectivity index (χ4v) is 7.07. The number of aromatic amines is 1. The van der Waals surface area contributed by atoms with Crippen molar-refractivity contribution in [3.8, 4) is 34.3 Å². The smallest absolute Gasteiger partial charge is 0.237 e. The highest BCUT2D eigenvalue weighted by Crippen LogP contribution is 2.54. The summed E-state index contributed by atoms with van der Waals surface area (Å²) >= 11 is 6.62. The molecule has 1 spiro atoms. The molecule has 2 atom stereocenters. The second-order valence-electron chi connectivity index (χ2n) is 12.2. The molecule has 11 nitrogen and oxygen atoms in total. The van der Waals surface area contributed by atoms with Crippen LogP contribution in [-0.4, -0.2) is 60.9 Å². The molecule has 1 aliphatic carbocycles. The van der Waals surface area contributed by atoms with E-state index in [2.05, 4.69) is 15.3 Å². The molecule has 49 heavy (non-hydrogen) atoms. The van der Waals surface area contributed by atoms with Crippen molar-refractivity contribution in [3.63, 3.8) is 0 Å². The quantitative estimate of drug-likeness (QED) is 0.130. The lowest BCUT2D eigenvalue weighted by Crippen LogP contribution is -2.56. The second-order valence-corrected chi connectivity index (χ2v) is 12.5. The van der Waals surface area contributed by atoms with Crippen LogP contribution in [0.2, 0.25) is 5.02 Å². The third kappa shape index (κ3) is 5.29. The summed E-state index contributed by atoms with van der Waals surface area (Å²) in [6, 6.07) is 16.4. The highest BCUT2D eigenvalue weighted by Gasteiger charge is 2.63. The summed E-state index contributed by atoms with van der Waals surface area (Å²) in [5, 5.41) is 3.03. The van der Waals surface area contributed by atoms with Crippen LogP contribution in [0.5, 0.6) is 23.0 Å². The van der Waals surface area contributed by atoms with Gasteiger partial charge in [-0.2, -0.15) is 0 Å². The Morgan fingerprint density at radius 1 is 1.02 bits per heavy atom. The van der Waals surface area contributed by atoms with Gasteiger partial charge in [-0.25, -0.2) is 4.98 Å². The molecule has 0 bridgehead atoms. The fourth-order valence-electron chi connectivity index (χ4n) is 6.81. The first-order chi connectivity index (χ1) is 23.7. The van der Waals surface area contributed by atoms with E-state index < -0.39 is 23.1 Å². The Kier molecular flexibility index (Phi) is 8.32. The maximum absolute atomic E-state index is 14.8. The van der Waals surface area contributed by atoms with Gasteiger partial charge >= 0.3 is 0 Å². The van der Waals surface area contributed by atoms with Gasteiger partial charge in [-0.15, -0.1) is 0 Å². The Morgan fingerprint density at radius 2 is 1.76 bits per heavy atom. The topological polar surface area (TPSA) is 142 Å². The summed E-state index contributed by atoms with van der Waals surface area (Å²) in [6.07, 6.45) is 1.32. The summed E-state index contributed by atoms with van der Waals surface area (Å²) < 4.78 is 28.9. The number of carbonyl (C=O) groups is 3. The number of hydrogen-bond acceptors (Lipinski definition) is 9. The van der Waals surface area contributed by atoms with E-state index in [-0.39, 0.29) is 52.1 Å². The van der Waals surface area contributed by atoms with Crippen LogP contribution in [0.15, 0.2) is 59.0 Å². The van der Waals surface area contributed by atoms with Gasteiger partial charge in [0.25, 0.3) is 0 Å². The van der Waals surface area contributed by atoms with Crippen molar-refractivity contribution in [1.82, 2.24) is 15.3 Å². The van der Waals surface area contributed by atoms with Crippen LogP contribution in [0.1, 0.15) is 51.2 Å². The molecule has 0 radical (unpaired) electrons. The lowest BCUT2D eigenvalue weighted by Gasteiger charge is -2.35. The molecular formula is C37H34ClN3O8. The summed E-state index contributed by atoms with van der Waals surface area (Å²) in [6.45, 7) is 2.14. The van der Waals surface area contributed by atoms with E-state index in [0.717, 1.165) is 16.9 Å². The van der Waals surface area contributed by atoms with Crippen molar-refractivity contribution in [3.05, 3.63) is 87.9 Å². The van der Waals surface area contributed by atoms with Crippen LogP contribution in [0, 0.1) is 5.92 Å². The van der Waals surface area contributed by atoms with Crippen LogP contribution in [0.3, 0.4) is 0 Å². The number of para-hydroxylation sites is 2. The van der Waals surface area contributed by atoms with Crippen LogP contribution in [0.25, 0.3) is 22.4 Å². The van der Waals surface area contributed by atoms with Gasteiger partial charge < -0.3 is 33.7 Å². The van der Waals surface area contributed by atoms with E-state index in [1.54, 1.807) is 38.3 Å². The minimum Gasteiger partial charge on any atom is -0.497 e. The van der Waals surface area contributed by atoms with Gasteiger partial charge in [-0.3, -0.25) is 14.4 Å². The summed E-state index contributed by atoms with van der Waals surface area (Å²) in [5.74, 6) is 0.532. The highest BCUT2D eigenvalue weighted by molar-refractivity contribution is 6.36. The molecule has 12 heteroatoms. The molecule has 7 rings (SSSR count). The van der Waals surface area contributed by atoms with Gasteiger partial charge in [-0.05, 0) is 42.8 Å². The molecule has 0 fully saturated rings. The number of benzene rings is 3. The fraction of sp³-hybridized carbons (Fsp3) is 0.297. The molecule has 2 aromatic heterocycles. The third-order valence-corrected chi connectivity index (χ3v) is 9.65. The number of ketones is 2. The molecule has 2 N–H and O–H groups in total. The first kappa shape index (κ1) is 32.3. The minimum absolute atomic E-state index is 0.0223. The van der Waals surface area contributed by atoms with E-state index >= 15 is 0 Å². The average Bonchev–Trinajstić information content (AvgIpc) is 3.78. The zero-order valence-electron chi connectivity index (χ0n) is 27.4. The lowest BCUT2D eigenvalue weighted by molar-refractivity contribution is -0.120. The monoisotopic (exact) mass is 683 g/mol. The average molecular weight is 684 g/mol. The number of nitrogens with zero attached hydrogens (tertiary/aromatic N) is 1. The Bertz CT molecular complexity index is 2090. The van der Waals surface area contributed by atoms with Gasteiger partial charge in [0, 0.05) is 42.5 Å². The Balaban J connectivity index is 1.20. The third-order valence-electron chi connectivity index (χ3n) is 9.29. The van der Waals surface area contributed by atoms with Crippen LogP contribution in [0.4, 0.5) is 0 Å². The molecule has 3 heterocycles. The number of imidazole rings is 1. The first-order valence-corrected chi connectivity index (χ1v) is 16.3. The zero-order valence-corrected chi connectivity index (χ0v) is 28.2. The number of nitrogens with one attached hydrogen (secondary N) is 2. The standard InChI is InChI=1S/C37H34ClN3O8/c1-19-16-26-30(35(43)37(19)36(44)31-25(46-3)18-27(47-4)32(38)34(31)49-37)22(33(48-26)20-11-13-21(45-2)14-12-20)17-29(42)39-15-7-10-28-40-23-8-5-6-9-24(23)41-28/h5-6,8-9,11-14,18-19H,7,10,15-17H2,1-4H3,(H,39,42)(H,40,41). The number of rotatable bonds is 10. The molecular weight excluding hydrogens is 650 g/mol. The number of aryl methyl sites for hydroxylation is 1. The maximum atomic E-state index is 14.8. The number of methoxy groups -OCH3 is 3. The summed E-state index contributed by atoms with van der Waals surface area (Å²) in [5.41, 5.74) is 1.15. The number of ether oxygens (including phenoxy) is 4. The number of fused-ring (bicyclic) bond motifs is 3. The number of Topliss-reactive ketones (excluding diaryl/α,β-unsaturated/α-hetero) is 2. The molecule has 252 valence electrons. The highest BCUT2D eigenvalue weighted by atomic mass is 35.5. The van der Waals surface area contributed by atoms with Crippen LogP contribution in [-0.2, 0) is 24.1 Å². The second kappa shape index (κ2) is 12.6. The van der Waals surface area contributed by atoms with E-state index in [1.165, 1.54) is 20.3 Å².